The SMILES string of the molecule is O=C1NCCC1N1CCc2c1ccc(F)c2Cl. The Balaban J connectivity index is 1.99. The molecular weight excluding hydrogens is 243 g/mol. The molecule has 1 aromatic carbocycles. The summed E-state index contributed by atoms with van der Waals surface area (Å²) in [5.41, 5.74) is 1.73. The molecule has 1 amide bonds. The first-order valence-electron chi connectivity index (χ1n) is 5.69. The summed E-state index contributed by atoms with van der Waals surface area (Å²) in [6.07, 6.45) is 1.50. The van der Waals surface area contributed by atoms with Gasteiger partial charge in [-0.05, 0) is 30.5 Å². The van der Waals surface area contributed by atoms with Gasteiger partial charge < -0.3 is 10.2 Å². The quantitative estimate of drug-likeness (QED) is 0.828. The van der Waals surface area contributed by atoms with Crippen LogP contribution in [0.25, 0.3) is 0 Å². The van der Waals surface area contributed by atoms with Gasteiger partial charge >= 0.3 is 0 Å². The Morgan fingerprint density at radius 2 is 2.29 bits per heavy atom. The molecule has 3 rings (SSSR count). The fourth-order valence-electron chi connectivity index (χ4n) is 2.64. The van der Waals surface area contributed by atoms with Crippen LogP contribution in [0.15, 0.2) is 12.1 Å². The fraction of sp³-hybridized carbons (Fsp3) is 0.417. The molecule has 0 aliphatic carbocycles. The highest BCUT2D eigenvalue weighted by molar-refractivity contribution is 6.32. The van der Waals surface area contributed by atoms with Gasteiger partial charge in [0, 0.05) is 18.8 Å². The van der Waals surface area contributed by atoms with Crippen molar-refractivity contribution in [3.8, 4) is 0 Å². The second kappa shape index (κ2) is 3.88. The molecule has 90 valence electrons. The molecule has 5 heteroatoms. The Hall–Kier alpha value is -1.29. The number of carbonyl (C=O) groups is 1. The van der Waals surface area contributed by atoms with Crippen molar-refractivity contribution >= 4 is 23.2 Å². The molecule has 2 heterocycles. The zero-order valence-electron chi connectivity index (χ0n) is 9.17. The lowest BCUT2D eigenvalue weighted by Gasteiger charge is -2.24. The second-order valence-electron chi connectivity index (χ2n) is 4.40. The molecule has 1 saturated heterocycles. The van der Waals surface area contributed by atoms with Crippen LogP contribution in [-0.2, 0) is 11.2 Å². The van der Waals surface area contributed by atoms with Gasteiger partial charge in [0.25, 0.3) is 0 Å². The van der Waals surface area contributed by atoms with Gasteiger partial charge in [-0.3, -0.25) is 4.79 Å². The number of fused-ring (bicyclic) bond motifs is 1. The fourth-order valence-corrected chi connectivity index (χ4v) is 2.90. The van der Waals surface area contributed by atoms with Crippen LogP contribution >= 0.6 is 11.6 Å². The molecule has 1 aromatic rings. The van der Waals surface area contributed by atoms with Gasteiger partial charge in [-0.2, -0.15) is 0 Å². The number of amides is 1. The maximum atomic E-state index is 13.3. The normalized spacial score (nSPS) is 22.8. The van der Waals surface area contributed by atoms with Crippen LogP contribution in [0, 0.1) is 5.82 Å². The Bertz CT molecular complexity index is 492. The molecule has 1 atom stereocenters. The summed E-state index contributed by atoms with van der Waals surface area (Å²) in [6, 6.07) is 2.96. The summed E-state index contributed by atoms with van der Waals surface area (Å²) in [4.78, 5) is 13.7. The predicted molar refractivity (Wildman–Crippen MR) is 63.9 cm³/mol. The minimum absolute atomic E-state index is 0.0540. The van der Waals surface area contributed by atoms with Gasteiger partial charge in [0.15, 0.2) is 0 Å². The van der Waals surface area contributed by atoms with E-state index in [9.17, 15) is 9.18 Å². The van der Waals surface area contributed by atoms with Crippen LogP contribution in [0.4, 0.5) is 10.1 Å². The summed E-state index contributed by atoms with van der Waals surface area (Å²) in [5.74, 6) is -0.332. The van der Waals surface area contributed by atoms with Crippen molar-refractivity contribution in [2.45, 2.75) is 18.9 Å². The minimum Gasteiger partial charge on any atom is -0.359 e. The van der Waals surface area contributed by atoms with Crippen molar-refractivity contribution in [1.29, 1.82) is 0 Å². The Morgan fingerprint density at radius 3 is 3.00 bits per heavy atom. The summed E-state index contributed by atoms with van der Waals surface area (Å²) in [6.45, 7) is 1.45. The van der Waals surface area contributed by atoms with Gasteiger partial charge in [-0.15, -0.1) is 0 Å². The van der Waals surface area contributed by atoms with Crippen LogP contribution in [0.1, 0.15) is 12.0 Å². The van der Waals surface area contributed by atoms with Crippen LogP contribution in [0.2, 0.25) is 5.02 Å². The van der Waals surface area contributed by atoms with Crippen LogP contribution in [-0.4, -0.2) is 25.0 Å². The number of rotatable bonds is 1. The van der Waals surface area contributed by atoms with Crippen LogP contribution in [0.5, 0.6) is 0 Å². The van der Waals surface area contributed by atoms with E-state index in [4.69, 9.17) is 11.6 Å². The van der Waals surface area contributed by atoms with Gasteiger partial charge in [-0.1, -0.05) is 11.6 Å². The standard InChI is InChI=1S/C12H12ClFN2O/c13-11-7-4-6-16(9(7)2-1-8(11)14)10-3-5-15-12(10)17/h1-2,10H,3-6H2,(H,15,17). The van der Waals surface area contributed by atoms with E-state index >= 15 is 0 Å². The summed E-state index contributed by atoms with van der Waals surface area (Å²) in [5, 5.41) is 3.01. The topological polar surface area (TPSA) is 32.3 Å². The maximum Gasteiger partial charge on any atom is 0.242 e. The highest BCUT2D eigenvalue weighted by atomic mass is 35.5. The first-order valence-corrected chi connectivity index (χ1v) is 6.07. The monoisotopic (exact) mass is 254 g/mol. The lowest BCUT2D eigenvalue weighted by atomic mass is 10.1. The lowest BCUT2D eigenvalue weighted by Crippen LogP contribution is -2.39. The van der Waals surface area contributed by atoms with E-state index in [1.807, 2.05) is 4.90 Å². The summed E-state index contributed by atoms with van der Waals surface area (Å²) < 4.78 is 13.3. The third kappa shape index (κ3) is 1.59. The molecule has 1 fully saturated rings. The molecule has 1 N–H and O–H groups in total. The highest BCUT2D eigenvalue weighted by Crippen LogP contribution is 2.37. The average Bonchev–Trinajstić information content (AvgIpc) is 2.89. The lowest BCUT2D eigenvalue weighted by molar-refractivity contribution is -0.120. The van der Waals surface area contributed by atoms with E-state index in [2.05, 4.69) is 5.32 Å². The molecule has 1 unspecified atom stereocenters. The van der Waals surface area contributed by atoms with Crippen molar-refractivity contribution < 1.29 is 9.18 Å². The molecule has 2 aliphatic rings. The van der Waals surface area contributed by atoms with Crippen molar-refractivity contribution in [2.75, 3.05) is 18.0 Å². The van der Waals surface area contributed by atoms with Crippen molar-refractivity contribution in [2.24, 2.45) is 0 Å². The third-order valence-electron chi connectivity index (χ3n) is 3.48. The number of hydrogen-bond donors (Lipinski definition) is 1. The second-order valence-corrected chi connectivity index (χ2v) is 4.78. The van der Waals surface area contributed by atoms with E-state index in [1.165, 1.54) is 6.07 Å². The van der Waals surface area contributed by atoms with E-state index in [0.29, 0.717) is 13.0 Å². The highest BCUT2D eigenvalue weighted by Gasteiger charge is 2.35. The molecular formula is C12H12ClFN2O. The number of nitrogens with zero attached hydrogens (tertiary/aromatic N) is 1. The number of carbonyl (C=O) groups excluding carboxylic acids is 1. The number of hydrogen-bond acceptors (Lipinski definition) is 2. The number of anilines is 1. The molecule has 0 radical (unpaired) electrons. The maximum absolute atomic E-state index is 13.3. The Morgan fingerprint density at radius 1 is 1.47 bits per heavy atom. The van der Waals surface area contributed by atoms with E-state index in [-0.39, 0.29) is 22.8 Å². The third-order valence-corrected chi connectivity index (χ3v) is 3.89. The Labute approximate surface area is 104 Å². The van der Waals surface area contributed by atoms with Crippen molar-refractivity contribution in [3.63, 3.8) is 0 Å². The van der Waals surface area contributed by atoms with Gasteiger partial charge in [0.1, 0.15) is 11.9 Å². The Kier molecular flexibility index (Phi) is 2.47. The molecule has 2 aliphatic heterocycles. The van der Waals surface area contributed by atoms with Crippen LogP contribution < -0.4 is 10.2 Å². The number of halogens is 2. The van der Waals surface area contributed by atoms with E-state index in [1.54, 1.807) is 6.07 Å². The van der Waals surface area contributed by atoms with Gasteiger partial charge in [0.2, 0.25) is 5.91 Å². The van der Waals surface area contributed by atoms with E-state index in [0.717, 1.165) is 24.2 Å². The first kappa shape index (κ1) is 10.8. The molecule has 0 aromatic heterocycles. The van der Waals surface area contributed by atoms with Gasteiger partial charge in [-0.25, -0.2) is 4.39 Å². The zero-order chi connectivity index (χ0) is 12.0. The van der Waals surface area contributed by atoms with Crippen molar-refractivity contribution in [3.05, 3.63) is 28.5 Å². The number of nitrogens with one attached hydrogen (secondary N) is 1. The molecule has 17 heavy (non-hydrogen) atoms. The zero-order valence-corrected chi connectivity index (χ0v) is 9.93. The molecule has 0 bridgehead atoms. The average molecular weight is 255 g/mol. The first-order chi connectivity index (χ1) is 8.18. The summed E-state index contributed by atoms with van der Waals surface area (Å²) >= 11 is 5.94. The smallest absolute Gasteiger partial charge is 0.242 e. The number of benzene rings is 1. The van der Waals surface area contributed by atoms with Gasteiger partial charge in [0.05, 0.1) is 5.02 Å². The molecule has 0 spiro atoms. The molecule has 0 saturated carbocycles. The largest absolute Gasteiger partial charge is 0.359 e. The van der Waals surface area contributed by atoms with E-state index < -0.39 is 0 Å². The van der Waals surface area contributed by atoms with Crippen LogP contribution in [0.3, 0.4) is 0 Å². The predicted octanol–water partition coefficient (Wildman–Crippen LogP) is 1.73. The summed E-state index contributed by atoms with van der Waals surface area (Å²) in [7, 11) is 0. The molecule has 3 nitrogen and oxygen atoms in total. The van der Waals surface area contributed by atoms with Crippen molar-refractivity contribution in [1.82, 2.24) is 5.32 Å². The minimum atomic E-state index is -0.386.